The van der Waals surface area contributed by atoms with Gasteiger partial charge in [-0.3, -0.25) is 0 Å². The van der Waals surface area contributed by atoms with E-state index in [-0.39, 0.29) is 0 Å². The van der Waals surface area contributed by atoms with Crippen LogP contribution in [-0.4, -0.2) is 19.7 Å². The van der Waals surface area contributed by atoms with E-state index in [9.17, 15) is 0 Å². The molecule has 0 aliphatic rings. The highest BCUT2D eigenvalue weighted by Gasteiger charge is 2.10. The van der Waals surface area contributed by atoms with Gasteiger partial charge in [0.05, 0.1) is 0 Å². The Labute approximate surface area is 121 Å². The van der Waals surface area contributed by atoms with E-state index in [1.54, 1.807) is 6.20 Å². The third-order valence-electron chi connectivity index (χ3n) is 2.96. The third-order valence-corrected chi connectivity index (χ3v) is 3.95. The summed E-state index contributed by atoms with van der Waals surface area (Å²) in [6, 6.07) is 16.1. The minimum atomic E-state index is 0.785. The maximum atomic E-state index is 4.29. The van der Waals surface area contributed by atoms with Crippen molar-refractivity contribution in [2.24, 2.45) is 7.05 Å². The monoisotopic (exact) mass is 282 g/mol. The van der Waals surface area contributed by atoms with Crippen LogP contribution in [0.3, 0.4) is 0 Å². The van der Waals surface area contributed by atoms with Gasteiger partial charge in [-0.25, -0.2) is 4.98 Å². The second-order valence-corrected chi connectivity index (χ2v) is 5.38. The third kappa shape index (κ3) is 2.88. The molecule has 0 bridgehead atoms. The number of rotatable bonds is 4. The van der Waals surface area contributed by atoms with Gasteiger partial charge in [0.1, 0.15) is 10.9 Å². The number of nitrogens with zero attached hydrogens (tertiary/aromatic N) is 4. The molecule has 100 valence electrons. The van der Waals surface area contributed by atoms with Crippen LogP contribution in [0.25, 0.3) is 0 Å². The van der Waals surface area contributed by atoms with Crippen molar-refractivity contribution in [3.8, 4) is 0 Å². The quantitative estimate of drug-likeness (QED) is 0.738. The molecular weight excluding hydrogens is 268 g/mol. The first-order valence-corrected chi connectivity index (χ1v) is 7.15. The molecule has 1 aromatic carbocycles. The Morgan fingerprint density at radius 3 is 2.55 bits per heavy atom. The van der Waals surface area contributed by atoms with Gasteiger partial charge in [0.15, 0.2) is 5.16 Å². The van der Waals surface area contributed by atoms with Crippen LogP contribution in [0.2, 0.25) is 0 Å². The van der Waals surface area contributed by atoms with E-state index in [1.807, 2.05) is 48.0 Å². The van der Waals surface area contributed by atoms with E-state index in [4.69, 9.17) is 0 Å². The molecule has 0 spiro atoms. The molecule has 0 fully saturated rings. The summed E-state index contributed by atoms with van der Waals surface area (Å²) in [6.07, 6.45) is 2.57. The Bertz CT molecular complexity index is 621. The summed E-state index contributed by atoms with van der Waals surface area (Å²) in [5, 5.41) is 10.3. The molecule has 0 saturated carbocycles. The van der Waals surface area contributed by atoms with Crippen molar-refractivity contribution < 1.29 is 0 Å². The molecule has 0 N–H and O–H groups in total. The molecule has 3 aromatic rings. The fourth-order valence-electron chi connectivity index (χ4n) is 1.87. The first kappa shape index (κ1) is 12.9. The lowest BCUT2D eigenvalue weighted by Gasteiger charge is -2.03. The van der Waals surface area contributed by atoms with Crippen molar-refractivity contribution in [3.63, 3.8) is 0 Å². The van der Waals surface area contributed by atoms with Crippen LogP contribution in [0.5, 0.6) is 0 Å². The topological polar surface area (TPSA) is 43.6 Å². The van der Waals surface area contributed by atoms with E-state index >= 15 is 0 Å². The molecule has 3 rings (SSSR count). The number of hydrogen-bond donors (Lipinski definition) is 0. The lowest BCUT2D eigenvalue weighted by molar-refractivity contribution is 0.748. The molecule has 4 nitrogen and oxygen atoms in total. The Kier molecular flexibility index (Phi) is 3.78. The van der Waals surface area contributed by atoms with Gasteiger partial charge in [-0.15, -0.1) is 10.2 Å². The maximum Gasteiger partial charge on any atom is 0.197 e. The van der Waals surface area contributed by atoms with Crippen molar-refractivity contribution in [3.05, 3.63) is 66.1 Å². The lowest BCUT2D eigenvalue weighted by Crippen LogP contribution is -2.00. The Morgan fingerprint density at radius 2 is 1.80 bits per heavy atom. The van der Waals surface area contributed by atoms with Crippen molar-refractivity contribution in [2.75, 3.05) is 0 Å². The average Bonchev–Trinajstić information content (AvgIpc) is 2.83. The number of pyridine rings is 1. The molecule has 2 aromatic heterocycles. The minimum absolute atomic E-state index is 0.785. The summed E-state index contributed by atoms with van der Waals surface area (Å²) in [4.78, 5) is 4.29. The fraction of sp³-hybridized carbons (Fsp3) is 0.133. The van der Waals surface area contributed by atoms with Gasteiger partial charge >= 0.3 is 0 Å². The Balaban J connectivity index is 1.79. The Hall–Kier alpha value is -2.14. The largest absolute Gasteiger partial charge is 0.309 e. The molecule has 0 aliphatic carbocycles. The summed E-state index contributed by atoms with van der Waals surface area (Å²) < 4.78 is 2.02. The van der Waals surface area contributed by atoms with Crippen molar-refractivity contribution >= 4 is 11.8 Å². The zero-order chi connectivity index (χ0) is 13.8. The highest BCUT2D eigenvalue weighted by atomic mass is 32.2. The van der Waals surface area contributed by atoms with Gasteiger partial charge < -0.3 is 4.57 Å². The number of aromatic nitrogens is 4. The zero-order valence-corrected chi connectivity index (χ0v) is 11.9. The van der Waals surface area contributed by atoms with Crippen molar-refractivity contribution in [1.82, 2.24) is 19.7 Å². The molecule has 0 aliphatic heterocycles. The van der Waals surface area contributed by atoms with Crippen LogP contribution in [0.15, 0.2) is 64.9 Å². The van der Waals surface area contributed by atoms with Gasteiger partial charge in [0.25, 0.3) is 0 Å². The molecular formula is C15H14N4S. The Morgan fingerprint density at radius 1 is 1.00 bits per heavy atom. The van der Waals surface area contributed by atoms with Crippen LogP contribution < -0.4 is 0 Å². The first-order valence-electron chi connectivity index (χ1n) is 6.34. The SMILES string of the molecule is Cn1c(Cc2ccccc2)nnc1Sc1ccccn1. The van der Waals surface area contributed by atoms with E-state index in [2.05, 4.69) is 27.3 Å². The van der Waals surface area contributed by atoms with Gasteiger partial charge in [-0.2, -0.15) is 0 Å². The molecule has 0 radical (unpaired) electrons. The number of benzene rings is 1. The summed E-state index contributed by atoms with van der Waals surface area (Å²) in [7, 11) is 1.99. The summed E-state index contributed by atoms with van der Waals surface area (Å²) in [5.41, 5.74) is 1.23. The minimum Gasteiger partial charge on any atom is -0.309 e. The van der Waals surface area contributed by atoms with Crippen molar-refractivity contribution in [1.29, 1.82) is 0 Å². The second-order valence-electron chi connectivity index (χ2n) is 4.39. The molecule has 0 amide bonds. The highest BCUT2D eigenvalue weighted by molar-refractivity contribution is 7.99. The lowest BCUT2D eigenvalue weighted by atomic mass is 10.1. The van der Waals surface area contributed by atoms with Gasteiger partial charge in [-0.05, 0) is 29.5 Å². The predicted octanol–water partition coefficient (Wildman–Crippen LogP) is 2.95. The van der Waals surface area contributed by atoms with E-state index < -0.39 is 0 Å². The maximum absolute atomic E-state index is 4.29. The molecule has 0 atom stereocenters. The van der Waals surface area contributed by atoms with Crippen LogP contribution in [0.4, 0.5) is 0 Å². The number of hydrogen-bond acceptors (Lipinski definition) is 4. The van der Waals surface area contributed by atoms with Crippen LogP contribution in [-0.2, 0) is 13.5 Å². The van der Waals surface area contributed by atoms with Crippen molar-refractivity contribution in [2.45, 2.75) is 16.6 Å². The highest BCUT2D eigenvalue weighted by Crippen LogP contribution is 2.24. The van der Waals surface area contributed by atoms with Crippen LogP contribution in [0, 0.1) is 0 Å². The molecule has 2 heterocycles. The normalized spacial score (nSPS) is 10.7. The van der Waals surface area contributed by atoms with Gasteiger partial charge in [-0.1, -0.05) is 36.4 Å². The first-order chi connectivity index (χ1) is 9.83. The fourth-order valence-corrected chi connectivity index (χ4v) is 2.64. The van der Waals surface area contributed by atoms with E-state index in [0.29, 0.717) is 0 Å². The predicted molar refractivity (Wildman–Crippen MR) is 78.6 cm³/mol. The van der Waals surface area contributed by atoms with Gasteiger partial charge in [0, 0.05) is 19.7 Å². The standard InChI is InChI=1S/C15H14N4S/c1-19-13(11-12-7-3-2-4-8-12)17-18-15(19)20-14-9-5-6-10-16-14/h2-10H,11H2,1H3. The smallest absolute Gasteiger partial charge is 0.197 e. The molecule has 5 heteroatoms. The van der Waals surface area contributed by atoms with E-state index in [0.717, 1.165) is 22.4 Å². The molecule has 0 unspecified atom stereocenters. The van der Waals surface area contributed by atoms with E-state index in [1.165, 1.54) is 17.3 Å². The summed E-state index contributed by atoms with van der Waals surface area (Å²) in [5.74, 6) is 0.953. The second kappa shape index (κ2) is 5.88. The average molecular weight is 282 g/mol. The van der Waals surface area contributed by atoms with Crippen LogP contribution in [0.1, 0.15) is 11.4 Å². The van der Waals surface area contributed by atoms with Crippen LogP contribution >= 0.6 is 11.8 Å². The molecule has 20 heavy (non-hydrogen) atoms. The summed E-state index contributed by atoms with van der Waals surface area (Å²) >= 11 is 1.52. The molecule has 0 saturated heterocycles. The zero-order valence-electron chi connectivity index (χ0n) is 11.1. The van der Waals surface area contributed by atoms with Gasteiger partial charge in [0.2, 0.25) is 0 Å². The summed E-state index contributed by atoms with van der Waals surface area (Å²) in [6.45, 7) is 0.